The number of aromatic nitrogens is 3. The first-order chi connectivity index (χ1) is 26.7. The number of hydrogen-bond donors (Lipinski definition) is 0. The molecule has 0 bridgehead atoms. The lowest BCUT2D eigenvalue weighted by atomic mass is 9.97. The van der Waals surface area contributed by atoms with Crippen molar-refractivity contribution in [2.45, 2.75) is 0 Å². The van der Waals surface area contributed by atoms with Gasteiger partial charge in [-0.1, -0.05) is 188 Å². The molecule has 0 N–H and O–H groups in total. The Bertz CT molecular complexity index is 2970. The molecule has 0 amide bonds. The Kier molecular flexibility index (Phi) is 7.81. The van der Waals surface area contributed by atoms with Gasteiger partial charge in [-0.15, -0.1) is 0 Å². The second-order valence-corrected chi connectivity index (χ2v) is 13.7. The van der Waals surface area contributed by atoms with Gasteiger partial charge in [0.25, 0.3) is 0 Å². The third-order valence-corrected chi connectivity index (χ3v) is 10.3. The highest BCUT2D eigenvalue weighted by Gasteiger charge is 2.15. The Hall–Kier alpha value is -7.23. The van der Waals surface area contributed by atoms with E-state index in [4.69, 9.17) is 15.0 Å². The van der Waals surface area contributed by atoms with Crippen LogP contribution in [0.15, 0.2) is 200 Å². The first-order valence-corrected chi connectivity index (χ1v) is 18.3. The number of fused-ring (bicyclic) bond motifs is 3. The minimum Gasteiger partial charge on any atom is -0.208 e. The van der Waals surface area contributed by atoms with Gasteiger partial charge in [-0.3, -0.25) is 0 Å². The van der Waals surface area contributed by atoms with Crippen LogP contribution in [0.5, 0.6) is 0 Å². The predicted molar refractivity (Wildman–Crippen MR) is 225 cm³/mol. The third-order valence-electron chi connectivity index (χ3n) is 10.3. The van der Waals surface area contributed by atoms with Crippen LogP contribution in [0.1, 0.15) is 0 Å². The Balaban J connectivity index is 1.05. The predicted octanol–water partition coefficient (Wildman–Crippen LogP) is 13.3. The molecule has 3 heteroatoms. The van der Waals surface area contributed by atoms with Crippen LogP contribution in [0.3, 0.4) is 0 Å². The SMILES string of the molecule is c1cc(-c2ccc(-c3ccc4ccccc4c3)cc2)cc(-c2nc(-c3ccc(-c4cccc5ccccc45)cc3)nc(-c3cccc4ccccc34)n2)c1. The van der Waals surface area contributed by atoms with Crippen LogP contribution >= 0.6 is 0 Å². The van der Waals surface area contributed by atoms with E-state index in [0.717, 1.165) is 44.2 Å². The normalized spacial score (nSPS) is 11.3. The zero-order chi connectivity index (χ0) is 35.8. The van der Waals surface area contributed by atoms with Crippen LogP contribution in [-0.4, -0.2) is 15.0 Å². The van der Waals surface area contributed by atoms with Gasteiger partial charge < -0.3 is 0 Å². The maximum absolute atomic E-state index is 5.14. The molecule has 3 nitrogen and oxygen atoms in total. The minimum absolute atomic E-state index is 0.635. The van der Waals surface area contributed by atoms with Crippen molar-refractivity contribution < 1.29 is 0 Å². The monoisotopic (exact) mass is 687 g/mol. The molecule has 10 aromatic rings. The van der Waals surface area contributed by atoms with E-state index in [-0.39, 0.29) is 0 Å². The summed E-state index contributed by atoms with van der Waals surface area (Å²) < 4.78 is 0. The van der Waals surface area contributed by atoms with Gasteiger partial charge in [-0.05, 0) is 77.8 Å². The lowest BCUT2D eigenvalue weighted by Gasteiger charge is -2.12. The molecule has 0 aliphatic heterocycles. The van der Waals surface area contributed by atoms with E-state index in [9.17, 15) is 0 Å². The molecule has 0 saturated heterocycles. The molecule has 252 valence electrons. The van der Waals surface area contributed by atoms with Crippen molar-refractivity contribution in [3.63, 3.8) is 0 Å². The van der Waals surface area contributed by atoms with E-state index in [2.05, 4.69) is 200 Å². The Morgan fingerprint density at radius 3 is 1.37 bits per heavy atom. The quantitative estimate of drug-likeness (QED) is 0.175. The van der Waals surface area contributed by atoms with E-state index in [1.807, 2.05) is 0 Å². The number of benzene rings is 9. The van der Waals surface area contributed by atoms with Crippen molar-refractivity contribution >= 4 is 32.3 Å². The molecular weight excluding hydrogens is 655 g/mol. The average molecular weight is 688 g/mol. The van der Waals surface area contributed by atoms with Crippen LogP contribution in [0.25, 0.3) is 99.9 Å². The lowest BCUT2D eigenvalue weighted by Crippen LogP contribution is -2.00. The molecule has 0 radical (unpaired) electrons. The van der Waals surface area contributed by atoms with Gasteiger partial charge in [0.15, 0.2) is 17.5 Å². The molecule has 54 heavy (non-hydrogen) atoms. The first-order valence-electron chi connectivity index (χ1n) is 18.3. The second-order valence-electron chi connectivity index (χ2n) is 13.7. The van der Waals surface area contributed by atoms with E-state index in [1.54, 1.807) is 0 Å². The molecular formula is C51H33N3. The summed E-state index contributed by atoms with van der Waals surface area (Å²) in [5.41, 5.74) is 9.83. The summed E-state index contributed by atoms with van der Waals surface area (Å²) >= 11 is 0. The summed E-state index contributed by atoms with van der Waals surface area (Å²) in [5.74, 6) is 1.92. The highest BCUT2D eigenvalue weighted by Crippen LogP contribution is 2.34. The molecule has 10 rings (SSSR count). The molecule has 9 aromatic carbocycles. The lowest BCUT2D eigenvalue weighted by molar-refractivity contribution is 1.08. The zero-order valence-electron chi connectivity index (χ0n) is 29.4. The molecule has 0 aliphatic carbocycles. The minimum atomic E-state index is 0.635. The third kappa shape index (κ3) is 5.88. The summed E-state index contributed by atoms with van der Waals surface area (Å²) in [6.45, 7) is 0. The van der Waals surface area contributed by atoms with E-state index in [1.165, 1.54) is 38.2 Å². The summed E-state index contributed by atoms with van der Waals surface area (Å²) in [5, 5.41) is 7.20. The number of nitrogens with zero attached hydrogens (tertiary/aromatic N) is 3. The summed E-state index contributed by atoms with van der Waals surface area (Å²) in [6, 6.07) is 70.7. The highest BCUT2D eigenvalue weighted by atomic mass is 15.0. The molecule has 0 saturated carbocycles. The van der Waals surface area contributed by atoms with Gasteiger partial charge in [0.2, 0.25) is 0 Å². The Morgan fingerprint density at radius 1 is 0.222 bits per heavy atom. The second kappa shape index (κ2) is 13.4. The Labute approximate surface area is 313 Å². The fourth-order valence-corrected chi connectivity index (χ4v) is 7.51. The van der Waals surface area contributed by atoms with Crippen molar-refractivity contribution in [3.05, 3.63) is 200 Å². The Morgan fingerprint density at radius 2 is 0.667 bits per heavy atom. The fourth-order valence-electron chi connectivity index (χ4n) is 7.51. The van der Waals surface area contributed by atoms with Crippen LogP contribution in [0.4, 0.5) is 0 Å². The summed E-state index contributed by atoms with van der Waals surface area (Å²) in [7, 11) is 0. The zero-order valence-corrected chi connectivity index (χ0v) is 29.4. The fraction of sp³-hybridized carbons (Fsp3) is 0. The summed E-state index contributed by atoms with van der Waals surface area (Å²) in [4.78, 5) is 15.4. The number of hydrogen-bond acceptors (Lipinski definition) is 3. The smallest absolute Gasteiger partial charge is 0.164 e. The highest BCUT2D eigenvalue weighted by molar-refractivity contribution is 5.97. The van der Waals surface area contributed by atoms with Crippen LogP contribution in [0, 0.1) is 0 Å². The van der Waals surface area contributed by atoms with E-state index < -0.39 is 0 Å². The van der Waals surface area contributed by atoms with Gasteiger partial charge in [0.05, 0.1) is 0 Å². The van der Waals surface area contributed by atoms with Crippen molar-refractivity contribution in [1.82, 2.24) is 15.0 Å². The van der Waals surface area contributed by atoms with E-state index >= 15 is 0 Å². The van der Waals surface area contributed by atoms with Crippen molar-refractivity contribution in [2.24, 2.45) is 0 Å². The van der Waals surface area contributed by atoms with Crippen LogP contribution in [-0.2, 0) is 0 Å². The first kappa shape index (κ1) is 31.5. The van der Waals surface area contributed by atoms with Gasteiger partial charge in [-0.25, -0.2) is 15.0 Å². The molecule has 0 fully saturated rings. The van der Waals surface area contributed by atoms with E-state index in [0.29, 0.717) is 17.5 Å². The topological polar surface area (TPSA) is 38.7 Å². The molecule has 0 atom stereocenters. The van der Waals surface area contributed by atoms with Gasteiger partial charge in [0, 0.05) is 16.7 Å². The van der Waals surface area contributed by atoms with Gasteiger partial charge >= 0.3 is 0 Å². The average Bonchev–Trinajstić information content (AvgIpc) is 3.26. The molecule has 1 heterocycles. The maximum atomic E-state index is 5.14. The molecule has 0 aliphatic rings. The van der Waals surface area contributed by atoms with Crippen LogP contribution in [0.2, 0.25) is 0 Å². The van der Waals surface area contributed by atoms with Crippen molar-refractivity contribution in [3.8, 4) is 67.5 Å². The largest absolute Gasteiger partial charge is 0.208 e. The number of rotatable bonds is 6. The molecule has 0 spiro atoms. The van der Waals surface area contributed by atoms with Gasteiger partial charge in [-0.2, -0.15) is 0 Å². The maximum Gasteiger partial charge on any atom is 0.164 e. The molecule has 1 aromatic heterocycles. The van der Waals surface area contributed by atoms with Crippen molar-refractivity contribution in [2.75, 3.05) is 0 Å². The van der Waals surface area contributed by atoms with Gasteiger partial charge in [0.1, 0.15) is 0 Å². The standard InChI is InChI=1S/C51H33N3/c1-2-13-41-32-43(31-26-34(41)10-1)36-24-22-35(23-25-36)42-16-7-17-44(33-42)50-52-49(53-51(54-50)48-21-9-15-38-12-4-6-19-47(38)48)40-29-27-39(28-30-40)46-20-8-14-37-11-3-5-18-45(37)46/h1-33H. The van der Waals surface area contributed by atoms with Crippen LogP contribution < -0.4 is 0 Å². The summed E-state index contributed by atoms with van der Waals surface area (Å²) in [6.07, 6.45) is 0. The molecule has 0 unspecified atom stereocenters. The van der Waals surface area contributed by atoms with Crippen molar-refractivity contribution in [1.29, 1.82) is 0 Å².